The molecular formula is C23H27N3O4S. The smallest absolute Gasteiger partial charge is 0.243 e. The van der Waals surface area contributed by atoms with Crippen LogP contribution in [0.2, 0.25) is 0 Å². The number of carbonyl (C=O) groups is 1. The number of phenols is 1. The second kappa shape index (κ2) is 9.21. The predicted octanol–water partition coefficient (Wildman–Crippen LogP) is 2.90. The van der Waals surface area contributed by atoms with Crippen molar-refractivity contribution in [2.24, 2.45) is 0 Å². The number of hydrogen-bond acceptors (Lipinski definition) is 5. The van der Waals surface area contributed by atoms with E-state index in [4.69, 9.17) is 0 Å². The number of hydrogen-bond donors (Lipinski definition) is 2. The van der Waals surface area contributed by atoms with E-state index in [1.54, 1.807) is 30.3 Å². The highest BCUT2D eigenvalue weighted by Crippen LogP contribution is 2.25. The van der Waals surface area contributed by atoms with Crippen LogP contribution in [0.15, 0.2) is 59.5 Å². The molecule has 0 saturated carbocycles. The summed E-state index contributed by atoms with van der Waals surface area (Å²) in [7, 11) is -3.51. The molecule has 164 valence electrons. The average molecular weight is 442 g/mol. The maximum atomic E-state index is 12.7. The summed E-state index contributed by atoms with van der Waals surface area (Å²) >= 11 is 0. The maximum absolute atomic E-state index is 12.7. The molecule has 2 aromatic carbocycles. The number of anilines is 1. The Morgan fingerprint density at radius 3 is 2.45 bits per heavy atom. The fourth-order valence-corrected chi connectivity index (χ4v) is 5.57. The Labute approximate surface area is 183 Å². The molecule has 7 nitrogen and oxygen atoms in total. The van der Waals surface area contributed by atoms with E-state index in [9.17, 15) is 18.3 Å². The molecule has 1 amide bonds. The van der Waals surface area contributed by atoms with Gasteiger partial charge in [-0.25, -0.2) is 8.42 Å². The summed E-state index contributed by atoms with van der Waals surface area (Å²) in [5.41, 5.74) is 2.78. The Morgan fingerprint density at radius 2 is 1.77 bits per heavy atom. The maximum Gasteiger partial charge on any atom is 0.243 e. The van der Waals surface area contributed by atoms with Crippen LogP contribution in [0.25, 0.3) is 5.57 Å². The van der Waals surface area contributed by atoms with Crippen molar-refractivity contribution in [1.82, 2.24) is 9.21 Å². The lowest BCUT2D eigenvalue weighted by atomic mass is 9.99. The molecule has 0 atom stereocenters. The summed E-state index contributed by atoms with van der Waals surface area (Å²) in [6, 6.07) is 13.6. The number of nitrogens with zero attached hydrogens (tertiary/aromatic N) is 2. The number of carbonyl (C=O) groups excluding carboxylic acids is 1. The summed E-state index contributed by atoms with van der Waals surface area (Å²) in [4.78, 5) is 14.8. The second-order valence-corrected chi connectivity index (χ2v) is 9.89. The zero-order chi connectivity index (χ0) is 21.8. The van der Waals surface area contributed by atoms with Gasteiger partial charge in [-0.2, -0.15) is 4.31 Å². The molecule has 2 aromatic rings. The van der Waals surface area contributed by atoms with Crippen molar-refractivity contribution in [3.63, 3.8) is 0 Å². The van der Waals surface area contributed by atoms with Gasteiger partial charge in [0.1, 0.15) is 5.75 Å². The molecule has 0 aliphatic carbocycles. The van der Waals surface area contributed by atoms with E-state index in [1.165, 1.54) is 15.9 Å². The predicted molar refractivity (Wildman–Crippen MR) is 120 cm³/mol. The van der Waals surface area contributed by atoms with Crippen LogP contribution in [0.3, 0.4) is 0 Å². The summed E-state index contributed by atoms with van der Waals surface area (Å²) in [5.74, 6) is 0.0768. The van der Waals surface area contributed by atoms with Crippen molar-refractivity contribution in [3.8, 4) is 5.75 Å². The van der Waals surface area contributed by atoms with E-state index in [-0.39, 0.29) is 23.1 Å². The fourth-order valence-electron chi connectivity index (χ4n) is 4.01. The lowest BCUT2D eigenvalue weighted by Crippen LogP contribution is -2.36. The Bertz CT molecular complexity index is 1070. The molecule has 1 fully saturated rings. The highest BCUT2D eigenvalue weighted by atomic mass is 32.2. The average Bonchev–Trinajstić information content (AvgIpc) is 3.31. The number of amides is 1. The van der Waals surface area contributed by atoms with Gasteiger partial charge in [0.05, 0.1) is 11.4 Å². The molecule has 0 bridgehead atoms. The highest BCUT2D eigenvalue weighted by molar-refractivity contribution is 7.89. The summed E-state index contributed by atoms with van der Waals surface area (Å²) < 4.78 is 27.0. The normalized spacial score (nSPS) is 18.0. The van der Waals surface area contributed by atoms with Crippen LogP contribution in [0.5, 0.6) is 5.75 Å². The standard InChI is InChI=1S/C23H27N3O4S/c27-21-8-6-18(7-9-21)19-10-14-25(15-11-19)17-23(28)24-20-4-3-5-22(16-20)31(29,30)26-12-1-2-13-26/h3-10,16,27H,1-2,11-15,17H2,(H,24,28). The van der Waals surface area contributed by atoms with Crippen molar-refractivity contribution in [2.45, 2.75) is 24.2 Å². The number of phenolic OH excluding ortho intramolecular Hbond substituents is 1. The van der Waals surface area contributed by atoms with Gasteiger partial charge in [-0.05, 0) is 60.7 Å². The van der Waals surface area contributed by atoms with Crippen LogP contribution in [0.4, 0.5) is 5.69 Å². The zero-order valence-corrected chi connectivity index (χ0v) is 18.1. The monoisotopic (exact) mass is 441 g/mol. The van der Waals surface area contributed by atoms with Gasteiger partial charge in [0, 0.05) is 31.9 Å². The third kappa shape index (κ3) is 5.15. The fraction of sp³-hybridized carbons (Fsp3) is 0.348. The van der Waals surface area contributed by atoms with Crippen LogP contribution in [-0.4, -0.2) is 61.4 Å². The van der Waals surface area contributed by atoms with Crippen LogP contribution in [0, 0.1) is 0 Å². The van der Waals surface area contributed by atoms with Gasteiger partial charge in [-0.3, -0.25) is 9.69 Å². The van der Waals surface area contributed by atoms with Crippen molar-refractivity contribution in [2.75, 3.05) is 38.0 Å². The van der Waals surface area contributed by atoms with E-state index in [2.05, 4.69) is 11.4 Å². The molecule has 1 saturated heterocycles. The molecule has 0 radical (unpaired) electrons. The molecule has 2 heterocycles. The largest absolute Gasteiger partial charge is 0.508 e. The molecule has 4 rings (SSSR count). The summed E-state index contributed by atoms with van der Waals surface area (Å²) in [6.45, 7) is 2.75. The third-order valence-electron chi connectivity index (χ3n) is 5.72. The van der Waals surface area contributed by atoms with Gasteiger partial charge >= 0.3 is 0 Å². The highest BCUT2D eigenvalue weighted by Gasteiger charge is 2.27. The molecular weight excluding hydrogens is 414 g/mol. The van der Waals surface area contributed by atoms with Crippen LogP contribution >= 0.6 is 0 Å². The quantitative estimate of drug-likeness (QED) is 0.720. The Hall–Kier alpha value is -2.68. The van der Waals surface area contributed by atoms with Gasteiger partial charge < -0.3 is 10.4 Å². The Kier molecular flexibility index (Phi) is 6.41. The van der Waals surface area contributed by atoms with E-state index in [0.29, 0.717) is 25.3 Å². The summed E-state index contributed by atoms with van der Waals surface area (Å²) in [6.07, 6.45) is 4.69. The Balaban J connectivity index is 1.35. The van der Waals surface area contributed by atoms with Crippen molar-refractivity contribution in [3.05, 3.63) is 60.2 Å². The number of nitrogens with one attached hydrogen (secondary N) is 1. The second-order valence-electron chi connectivity index (χ2n) is 7.95. The zero-order valence-electron chi connectivity index (χ0n) is 17.3. The van der Waals surface area contributed by atoms with Crippen molar-refractivity contribution < 1.29 is 18.3 Å². The molecule has 2 N–H and O–H groups in total. The minimum Gasteiger partial charge on any atom is -0.508 e. The number of sulfonamides is 1. The third-order valence-corrected chi connectivity index (χ3v) is 7.61. The first-order chi connectivity index (χ1) is 14.9. The summed E-state index contributed by atoms with van der Waals surface area (Å²) in [5, 5.41) is 12.3. The van der Waals surface area contributed by atoms with Gasteiger partial charge in [0.15, 0.2) is 0 Å². The lowest BCUT2D eigenvalue weighted by Gasteiger charge is -2.26. The number of aromatic hydroxyl groups is 1. The first-order valence-corrected chi connectivity index (χ1v) is 12.0. The molecule has 0 aromatic heterocycles. The van der Waals surface area contributed by atoms with E-state index < -0.39 is 10.0 Å². The first kappa shape index (κ1) is 21.5. The molecule has 8 heteroatoms. The number of benzene rings is 2. The first-order valence-electron chi connectivity index (χ1n) is 10.5. The van der Waals surface area contributed by atoms with Crippen LogP contribution in [0.1, 0.15) is 24.8 Å². The molecule has 0 spiro atoms. The van der Waals surface area contributed by atoms with Crippen LogP contribution < -0.4 is 5.32 Å². The minimum absolute atomic E-state index is 0.169. The molecule has 31 heavy (non-hydrogen) atoms. The topological polar surface area (TPSA) is 90.0 Å². The van der Waals surface area contributed by atoms with E-state index in [1.807, 2.05) is 17.0 Å². The molecule has 2 aliphatic rings. The van der Waals surface area contributed by atoms with Gasteiger partial charge in [0.2, 0.25) is 15.9 Å². The van der Waals surface area contributed by atoms with Crippen LogP contribution in [-0.2, 0) is 14.8 Å². The van der Waals surface area contributed by atoms with Crippen molar-refractivity contribution in [1.29, 1.82) is 0 Å². The minimum atomic E-state index is -3.51. The van der Waals surface area contributed by atoms with Gasteiger partial charge in [0.25, 0.3) is 0 Å². The van der Waals surface area contributed by atoms with E-state index >= 15 is 0 Å². The van der Waals surface area contributed by atoms with Crippen molar-refractivity contribution >= 4 is 27.2 Å². The van der Waals surface area contributed by atoms with Gasteiger partial charge in [-0.1, -0.05) is 24.3 Å². The Morgan fingerprint density at radius 1 is 1.03 bits per heavy atom. The molecule has 0 unspecified atom stereocenters. The van der Waals surface area contributed by atoms with Gasteiger partial charge in [-0.15, -0.1) is 0 Å². The van der Waals surface area contributed by atoms with E-state index in [0.717, 1.165) is 31.4 Å². The molecule has 2 aliphatic heterocycles. The SMILES string of the molecule is O=C(CN1CC=C(c2ccc(O)cc2)CC1)Nc1cccc(S(=O)(=O)N2CCCC2)c1. The lowest BCUT2D eigenvalue weighted by molar-refractivity contribution is -0.117. The number of rotatable bonds is 6.